The van der Waals surface area contributed by atoms with Gasteiger partial charge in [-0.15, -0.1) is 0 Å². The van der Waals surface area contributed by atoms with Crippen molar-refractivity contribution in [3.63, 3.8) is 0 Å². The summed E-state index contributed by atoms with van der Waals surface area (Å²) in [6.45, 7) is 7.09. The Kier molecular flexibility index (Phi) is 4.89. The fourth-order valence-electron chi connectivity index (χ4n) is 2.04. The Labute approximate surface area is 135 Å². The van der Waals surface area contributed by atoms with E-state index in [1.165, 1.54) is 25.1 Å². The zero-order valence-electron chi connectivity index (χ0n) is 13.5. The third-order valence-electron chi connectivity index (χ3n) is 3.59. The van der Waals surface area contributed by atoms with Crippen LogP contribution in [0.3, 0.4) is 0 Å². The maximum Gasteiger partial charge on any atom is 0.244 e. The van der Waals surface area contributed by atoms with E-state index < -0.39 is 21.0 Å². The van der Waals surface area contributed by atoms with Crippen LogP contribution in [0.2, 0.25) is 0 Å². The number of carbonyl (C=O) groups excluding carboxylic acids is 1. The Hall–Kier alpha value is -2.15. The van der Waals surface area contributed by atoms with Crippen LogP contribution in [0.5, 0.6) is 0 Å². The number of carbonyl (C=O) groups is 1. The molecule has 2 rings (SSSR count). The van der Waals surface area contributed by atoms with Gasteiger partial charge in [-0.1, -0.05) is 31.1 Å². The number of nitrogens with zero attached hydrogens (tertiary/aromatic N) is 1. The Morgan fingerprint density at radius 3 is 2.26 bits per heavy atom. The van der Waals surface area contributed by atoms with Crippen molar-refractivity contribution in [2.24, 2.45) is 0 Å². The van der Waals surface area contributed by atoms with Gasteiger partial charge < -0.3 is 9.84 Å². The number of rotatable bonds is 5. The van der Waals surface area contributed by atoms with Crippen LogP contribution in [0.15, 0.2) is 39.8 Å². The summed E-state index contributed by atoms with van der Waals surface area (Å²) in [5, 5.41) is 4.84. The van der Waals surface area contributed by atoms with Gasteiger partial charge in [-0.3, -0.25) is 4.79 Å². The van der Waals surface area contributed by atoms with E-state index in [0.717, 1.165) is 5.56 Å². The van der Waals surface area contributed by atoms with Gasteiger partial charge in [-0.25, -0.2) is 8.42 Å². The highest BCUT2D eigenvalue weighted by Gasteiger charge is 2.30. The molecule has 7 heteroatoms. The molecule has 1 atom stereocenters. The van der Waals surface area contributed by atoms with Crippen LogP contribution >= 0.6 is 0 Å². The molecule has 0 unspecified atom stereocenters. The molecule has 1 heterocycles. The second-order valence-corrected chi connectivity index (χ2v) is 7.99. The molecule has 6 nitrogen and oxygen atoms in total. The molecule has 2 aromatic rings. The monoisotopic (exact) mass is 336 g/mol. The van der Waals surface area contributed by atoms with Crippen molar-refractivity contribution in [1.82, 2.24) is 5.16 Å². The minimum atomic E-state index is -3.76. The molecule has 0 bridgehead atoms. The van der Waals surface area contributed by atoms with E-state index in [2.05, 4.69) is 10.5 Å². The van der Waals surface area contributed by atoms with Crippen LogP contribution in [0.4, 0.5) is 5.82 Å². The van der Waals surface area contributed by atoms with Gasteiger partial charge in [-0.05, 0) is 37.5 Å². The Morgan fingerprint density at radius 2 is 1.78 bits per heavy atom. The Bertz CT molecular complexity index is 792. The molecule has 0 aliphatic carbocycles. The normalized spacial score (nSPS) is 13.1. The van der Waals surface area contributed by atoms with Crippen molar-refractivity contribution >= 4 is 21.6 Å². The molecule has 0 fully saturated rings. The van der Waals surface area contributed by atoms with Crippen LogP contribution < -0.4 is 5.32 Å². The van der Waals surface area contributed by atoms with Gasteiger partial charge in [-0.2, -0.15) is 0 Å². The maximum atomic E-state index is 12.5. The summed E-state index contributed by atoms with van der Waals surface area (Å²) in [5.41, 5.74) is 1.04. The van der Waals surface area contributed by atoms with Gasteiger partial charge in [0.1, 0.15) is 11.0 Å². The quantitative estimate of drug-likeness (QED) is 0.907. The standard InChI is InChI=1S/C16H20N2O4S/c1-10(2)13-5-7-14(8-6-13)23(20,21)12(4)16(19)17-15-9-11(3)22-18-15/h5-10,12H,1-4H3,(H,17,18,19)/t12-/m0/s1. The van der Waals surface area contributed by atoms with Crippen molar-refractivity contribution < 1.29 is 17.7 Å². The molecule has 0 saturated heterocycles. The molecule has 0 aliphatic heterocycles. The maximum absolute atomic E-state index is 12.5. The third-order valence-corrected chi connectivity index (χ3v) is 5.66. The number of hydrogen-bond donors (Lipinski definition) is 1. The molecule has 1 aromatic carbocycles. The highest BCUT2D eigenvalue weighted by molar-refractivity contribution is 7.92. The molecule has 0 spiro atoms. The average molecular weight is 336 g/mol. The molecule has 1 N–H and O–H groups in total. The first-order valence-corrected chi connectivity index (χ1v) is 8.84. The van der Waals surface area contributed by atoms with E-state index >= 15 is 0 Å². The van der Waals surface area contributed by atoms with Gasteiger partial charge in [0.15, 0.2) is 15.7 Å². The van der Waals surface area contributed by atoms with Gasteiger partial charge >= 0.3 is 0 Å². The lowest BCUT2D eigenvalue weighted by atomic mass is 10.0. The Morgan fingerprint density at radius 1 is 1.17 bits per heavy atom. The number of sulfone groups is 1. The fourth-order valence-corrected chi connectivity index (χ4v) is 3.31. The number of aromatic nitrogens is 1. The number of benzene rings is 1. The van der Waals surface area contributed by atoms with Crippen LogP contribution in [0, 0.1) is 6.92 Å². The molecule has 0 saturated carbocycles. The lowest BCUT2D eigenvalue weighted by Gasteiger charge is -2.13. The van der Waals surface area contributed by atoms with E-state index in [4.69, 9.17) is 4.52 Å². The van der Waals surface area contributed by atoms with Gasteiger partial charge in [0, 0.05) is 6.07 Å². The molecular formula is C16H20N2O4S. The largest absolute Gasteiger partial charge is 0.360 e. The number of amides is 1. The molecule has 1 amide bonds. The summed E-state index contributed by atoms with van der Waals surface area (Å²) in [4.78, 5) is 12.3. The molecule has 23 heavy (non-hydrogen) atoms. The smallest absolute Gasteiger partial charge is 0.244 e. The van der Waals surface area contributed by atoms with Gasteiger partial charge in [0.2, 0.25) is 5.91 Å². The van der Waals surface area contributed by atoms with E-state index in [9.17, 15) is 13.2 Å². The average Bonchev–Trinajstić information content (AvgIpc) is 2.91. The third kappa shape index (κ3) is 3.79. The van der Waals surface area contributed by atoms with E-state index in [1.807, 2.05) is 13.8 Å². The molecule has 124 valence electrons. The predicted octanol–water partition coefficient (Wildman–Crippen LogP) is 2.91. The number of anilines is 1. The summed E-state index contributed by atoms with van der Waals surface area (Å²) in [7, 11) is -3.76. The highest BCUT2D eigenvalue weighted by atomic mass is 32.2. The van der Waals surface area contributed by atoms with E-state index in [-0.39, 0.29) is 10.7 Å². The summed E-state index contributed by atoms with van der Waals surface area (Å²) < 4.78 is 29.9. The minimum absolute atomic E-state index is 0.126. The highest BCUT2D eigenvalue weighted by Crippen LogP contribution is 2.21. The zero-order chi connectivity index (χ0) is 17.2. The van der Waals surface area contributed by atoms with Crippen molar-refractivity contribution in [3.8, 4) is 0 Å². The first-order chi connectivity index (χ1) is 10.7. The van der Waals surface area contributed by atoms with Crippen LogP contribution in [0.25, 0.3) is 0 Å². The van der Waals surface area contributed by atoms with Crippen molar-refractivity contribution in [1.29, 1.82) is 0 Å². The second kappa shape index (κ2) is 6.54. The fraction of sp³-hybridized carbons (Fsp3) is 0.375. The van der Waals surface area contributed by atoms with Crippen molar-refractivity contribution in [3.05, 3.63) is 41.7 Å². The summed E-state index contributed by atoms with van der Waals surface area (Å²) in [6.07, 6.45) is 0. The lowest BCUT2D eigenvalue weighted by molar-refractivity contribution is -0.115. The molecule has 0 radical (unpaired) electrons. The number of nitrogens with one attached hydrogen (secondary N) is 1. The topological polar surface area (TPSA) is 89.3 Å². The van der Waals surface area contributed by atoms with Crippen molar-refractivity contribution in [2.45, 2.75) is 43.8 Å². The number of aryl methyl sites for hydroxylation is 1. The lowest BCUT2D eigenvalue weighted by Crippen LogP contribution is -2.32. The second-order valence-electron chi connectivity index (χ2n) is 5.72. The molecule has 1 aromatic heterocycles. The van der Waals surface area contributed by atoms with Crippen LogP contribution in [-0.4, -0.2) is 24.7 Å². The van der Waals surface area contributed by atoms with Gasteiger partial charge in [0.05, 0.1) is 4.90 Å². The minimum Gasteiger partial charge on any atom is -0.360 e. The summed E-state index contributed by atoms with van der Waals surface area (Å²) in [5.74, 6) is 0.388. The first-order valence-electron chi connectivity index (χ1n) is 7.30. The van der Waals surface area contributed by atoms with E-state index in [0.29, 0.717) is 11.7 Å². The zero-order valence-corrected chi connectivity index (χ0v) is 14.3. The molecular weight excluding hydrogens is 316 g/mol. The summed E-state index contributed by atoms with van der Waals surface area (Å²) in [6, 6.07) is 8.13. The van der Waals surface area contributed by atoms with Crippen LogP contribution in [-0.2, 0) is 14.6 Å². The van der Waals surface area contributed by atoms with E-state index in [1.54, 1.807) is 19.1 Å². The van der Waals surface area contributed by atoms with Crippen molar-refractivity contribution in [2.75, 3.05) is 5.32 Å². The SMILES string of the molecule is Cc1cc(NC(=O)[C@H](C)S(=O)(=O)c2ccc(C(C)C)cc2)no1. The molecule has 0 aliphatic rings. The number of hydrogen-bond acceptors (Lipinski definition) is 5. The summed E-state index contributed by atoms with van der Waals surface area (Å²) >= 11 is 0. The Balaban J connectivity index is 2.18. The first kappa shape index (κ1) is 17.2. The van der Waals surface area contributed by atoms with Gasteiger partial charge in [0.25, 0.3) is 0 Å². The van der Waals surface area contributed by atoms with Crippen LogP contribution in [0.1, 0.15) is 38.0 Å². The predicted molar refractivity (Wildman–Crippen MR) is 87.0 cm³/mol.